The topological polar surface area (TPSA) is 74.8 Å². The zero-order valence-corrected chi connectivity index (χ0v) is 26.4. The molecule has 228 valence electrons. The summed E-state index contributed by atoms with van der Waals surface area (Å²) < 4.78 is 0. The van der Waals surface area contributed by atoms with Gasteiger partial charge in [-0.25, -0.2) is 4.98 Å². The van der Waals surface area contributed by atoms with Gasteiger partial charge in [0, 0.05) is 70.3 Å². The Morgan fingerprint density at radius 2 is 1.79 bits per heavy atom. The Labute approximate surface area is 260 Å². The molecule has 9 nitrogen and oxygen atoms in total. The molecule has 0 atom stereocenters. The van der Waals surface area contributed by atoms with Crippen LogP contribution in [0.3, 0.4) is 0 Å². The molecule has 43 heavy (non-hydrogen) atoms. The van der Waals surface area contributed by atoms with Gasteiger partial charge in [-0.15, -0.1) is 0 Å². The number of nitrogens with one attached hydrogen (secondary N) is 3. The number of aryl methyl sites for hydroxylation is 1. The minimum absolute atomic E-state index is 0.464. The molecule has 10 heteroatoms. The summed E-state index contributed by atoms with van der Waals surface area (Å²) in [6, 6.07) is 13.7. The average Bonchev–Trinajstić information content (AvgIpc) is 3.48. The van der Waals surface area contributed by atoms with E-state index < -0.39 is 0 Å². The molecule has 0 amide bonds. The first-order valence-electron chi connectivity index (χ1n) is 15.6. The Kier molecular flexibility index (Phi) is 8.93. The number of aromatic nitrogens is 2. The maximum atomic E-state index is 6.59. The van der Waals surface area contributed by atoms with Crippen molar-refractivity contribution < 1.29 is 0 Å². The van der Waals surface area contributed by atoms with Crippen LogP contribution in [0.15, 0.2) is 55.0 Å². The van der Waals surface area contributed by atoms with Crippen molar-refractivity contribution in [3.05, 3.63) is 71.1 Å². The summed E-state index contributed by atoms with van der Waals surface area (Å²) >= 11 is 6.59. The fourth-order valence-electron chi connectivity index (χ4n) is 6.59. The number of halogens is 1. The van der Waals surface area contributed by atoms with Gasteiger partial charge in [0.2, 0.25) is 5.95 Å². The largest absolute Gasteiger partial charge is 0.375 e. The number of nitrogens with zero attached hydrogens (tertiary/aromatic N) is 6. The van der Waals surface area contributed by atoms with Gasteiger partial charge in [-0.3, -0.25) is 4.90 Å². The molecule has 0 unspecified atom stereocenters. The first kappa shape index (κ1) is 29.5. The molecule has 0 bridgehead atoms. The molecule has 2 fully saturated rings. The van der Waals surface area contributed by atoms with Crippen molar-refractivity contribution in [1.82, 2.24) is 25.1 Å². The SMILES string of the molecule is C=C(NC)N1CCc2cccc(Nc3nc(Nc4ccc(N5CCC(N6CCN(C)CC6)CC5)cc4CC)ncc3Cl)c21. The van der Waals surface area contributed by atoms with E-state index in [-0.39, 0.29) is 0 Å². The van der Waals surface area contributed by atoms with Gasteiger partial charge in [0.25, 0.3) is 0 Å². The van der Waals surface area contributed by atoms with Gasteiger partial charge in [-0.05, 0) is 68.1 Å². The molecule has 6 rings (SSSR count). The van der Waals surface area contributed by atoms with E-state index in [1.165, 1.54) is 55.8 Å². The molecule has 4 heterocycles. The van der Waals surface area contributed by atoms with Crippen molar-refractivity contribution in [1.29, 1.82) is 0 Å². The van der Waals surface area contributed by atoms with Crippen molar-refractivity contribution in [3.8, 4) is 0 Å². The van der Waals surface area contributed by atoms with E-state index in [2.05, 4.69) is 91.4 Å². The number of anilines is 6. The summed E-state index contributed by atoms with van der Waals surface area (Å²) in [6.07, 6.45) is 5.97. The Balaban J connectivity index is 1.14. The number of hydrogen-bond acceptors (Lipinski definition) is 9. The minimum atomic E-state index is 0.464. The van der Waals surface area contributed by atoms with E-state index in [0.717, 1.165) is 55.4 Å². The number of piperazine rings is 1. The van der Waals surface area contributed by atoms with Crippen molar-refractivity contribution >= 4 is 46.1 Å². The summed E-state index contributed by atoms with van der Waals surface area (Å²) in [6.45, 7) is 14.2. The molecule has 0 aliphatic carbocycles. The number of rotatable bonds is 9. The second-order valence-corrected chi connectivity index (χ2v) is 12.2. The standard InChI is InChI=1S/C33H44ClN9/c1-5-24-21-27(41-14-12-26(13-15-41)42-19-17-40(4)18-20-42)9-10-29(24)38-33-36-22-28(34)32(39-33)37-30-8-6-7-25-11-16-43(31(25)30)23(2)35-3/h6-10,21-22,26,35H,2,5,11-20H2,1,3-4H3,(H2,36,37,38,39). The molecule has 3 aliphatic rings. The van der Waals surface area contributed by atoms with Crippen LogP contribution >= 0.6 is 11.6 Å². The van der Waals surface area contributed by atoms with Crippen LogP contribution in [0.1, 0.15) is 30.9 Å². The maximum absolute atomic E-state index is 6.59. The summed E-state index contributed by atoms with van der Waals surface area (Å²) in [5.74, 6) is 1.93. The third-order valence-corrected chi connectivity index (χ3v) is 9.48. The number of para-hydroxylation sites is 1. The Morgan fingerprint density at radius 3 is 2.53 bits per heavy atom. The Hall–Kier alpha value is -3.53. The molecule has 0 radical (unpaired) electrons. The molecule has 3 aliphatic heterocycles. The summed E-state index contributed by atoms with van der Waals surface area (Å²) in [4.78, 5) is 19.2. The van der Waals surface area contributed by atoms with Gasteiger partial charge in [0.15, 0.2) is 5.82 Å². The number of fused-ring (bicyclic) bond motifs is 1. The van der Waals surface area contributed by atoms with Crippen LogP contribution in [0.25, 0.3) is 0 Å². The second kappa shape index (κ2) is 13.0. The highest BCUT2D eigenvalue weighted by atomic mass is 35.5. The fraction of sp³-hybridized carbons (Fsp3) is 0.455. The third kappa shape index (κ3) is 6.39. The van der Waals surface area contributed by atoms with E-state index >= 15 is 0 Å². The lowest BCUT2D eigenvalue weighted by atomic mass is 10.0. The highest BCUT2D eigenvalue weighted by Gasteiger charge is 2.27. The van der Waals surface area contributed by atoms with Crippen LogP contribution in [0.4, 0.5) is 34.5 Å². The second-order valence-electron chi connectivity index (χ2n) is 11.8. The van der Waals surface area contributed by atoms with Crippen molar-refractivity contribution in [3.63, 3.8) is 0 Å². The van der Waals surface area contributed by atoms with Gasteiger partial charge in [0.05, 0.1) is 23.4 Å². The minimum Gasteiger partial charge on any atom is -0.375 e. The lowest BCUT2D eigenvalue weighted by Crippen LogP contribution is -2.52. The summed E-state index contributed by atoms with van der Waals surface area (Å²) in [7, 11) is 4.12. The molecular formula is C33H44ClN9. The van der Waals surface area contributed by atoms with E-state index in [1.807, 2.05) is 13.1 Å². The predicted molar refractivity (Wildman–Crippen MR) is 179 cm³/mol. The number of likely N-dealkylation sites (N-methyl/N-ethyl adjacent to an activating group) is 1. The highest BCUT2D eigenvalue weighted by Crippen LogP contribution is 2.39. The molecule has 3 N–H and O–H groups in total. The molecule has 3 aromatic rings. The lowest BCUT2D eigenvalue weighted by molar-refractivity contribution is 0.0982. The van der Waals surface area contributed by atoms with Crippen molar-refractivity contribution in [2.75, 3.05) is 80.3 Å². The van der Waals surface area contributed by atoms with Crippen LogP contribution in [0.5, 0.6) is 0 Å². The van der Waals surface area contributed by atoms with E-state index in [0.29, 0.717) is 22.8 Å². The normalized spacial score (nSPS) is 18.0. The third-order valence-electron chi connectivity index (χ3n) is 9.21. The van der Waals surface area contributed by atoms with E-state index in [9.17, 15) is 0 Å². The molecule has 1 aromatic heterocycles. The Bertz CT molecular complexity index is 1440. The van der Waals surface area contributed by atoms with Crippen molar-refractivity contribution in [2.24, 2.45) is 0 Å². The van der Waals surface area contributed by atoms with E-state index in [1.54, 1.807) is 6.20 Å². The zero-order valence-electron chi connectivity index (χ0n) is 25.7. The molecular weight excluding hydrogens is 558 g/mol. The molecule has 0 spiro atoms. The number of piperidine rings is 1. The first-order chi connectivity index (χ1) is 20.9. The lowest BCUT2D eigenvalue weighted by Gasteiger charge is -2.42. The van der Waals surface area contributed by atoms with E-state index in [4.69, 9.17) is 16.6 Å². The molecule has 2 saturated heterocycles. The smallest absolute Gasteiger partial charge is 0.229 e. The maximum Gasteiger partial charge on any atom is 0.229 e. The quantitative estimate of drug-likeness (QED) is 0.297. The average molecular weight is 602 g/mol. The monoisotopic (exact) mass is 601 g/mol. The fourth-order valence-corrected chi connectivity index (χ4v) is 6.73. The van der Waals surface area contributed by atoms with Gasteiger partial charge < -0.3 is 30.7 Å². The number of benzene rings is 2. The van der Waals surface area contributed by atoms with Crippen LogP contribution in [0.2, 0.25) is 5.02 Å². The van der Waals surface area contributed by atoms with Crippen LogP contribution in [0, 0.1) is 0 Å². The predicted octanol–water partition coefficient (Wildman–Crippen LogP) is 5.45. The zero-order chi connectivity index (χ0) is 29.9. The Morgan fingerprint density at radius 1 is 1.00 bits per heavy atom. The van der Waals surface area contributed by atoms with Gasteiger partial charge in [-0.1, -0.05) is 37.2 Å². The van der Waals surface area contributed by atoms with Gasteiger partial charge in [0.1, 0.15) is 5.02 Å². The van der Waals surface area contributed by atoms with Crippen LogP contribution in [-0.4, -0.2) is 85.7 Å². The van der Waals surface area contributed by atoms with Crippen molar-refractivity contribution in [2.45, 2.75) is 38.6 Å². The van der Waals surface area contributed by atoms with Gasteiger partial charge >= 0.3 is 0 Å². The van der Waals surface area contributed by atoms with Crippen LogP contribution in [-0.2, 0) is 12.8 Å². The summed E-state index contributed by atoms with van der Waals surface area (Å²) in [5, 5.41) is 10.6. The van der Waals surface area contributed by atoms with Crippen LogP contribution < -0.4 is 25.8 Å². The highest BCUT2D eigenvalue weighted by molar-refractivity contribution is 6.33. The first-order valence-corrected chi connectivity index (χ1v) is 15.9. The molecule has 2 aromatic carbocycles. The number of hydrogen-bond donors (Lipinski definition) is 3. The summed E-state index contributed by atoms with van der Waals surface area (Å²) in [5.41, 5.74) is 6.86. The van der Waals surface area contributed by atoms with Gasteiger partial charge in [-0.2, -0.15) is 4.98 Å². The molecule has 0 saturated carbocycles.